The molecule has 0 saturated carbocycles. The Kier molecular flexibility index (Phi) is 4.90. The zero-order valence-corrected chi connectivity index (χ0v) is 14.0. The molecule has 3 rings (SSSR count). The van der Waals surface area contributed by atoms with Gasteiger partial charge in [0.15, 0.2) is 11.0 Å². The van der Waals surface area contributed by atoms with Crippen LogP contribution in [0.15, 0.2) is 60.0 Å². The van der Waals surface area contributed by atoms with Crippen molar-refractivity contribution in [2.24, 2.45) is 5.73 Å². The lowest BCUT2D eigenvalue weighted by molar-refractivity contribution is -0.117. The van der Waals surface area contributed by atoms with Crippen molar-refractivity contribution < 1.29 is 4.79 Å². The van der Waals surface area contributed by atoms with E-state index in [2.05, 4.69) is 15.2 Å². The Labute approximate surface area is 144 Å². The molecule has 3 aromatic rings. The third-order valence-electron chi connectivity index (χ3n) is 3.56. The van der Waals surface area contributed by atoms with Crippen LogP contribution < -0.4 is 5.73 Å². The predicted octanol–water partition coefficient (Wildman–Crippen LogP) is 2.68. The second kappa shape index (κ2) is 7.27. The number of nitrogens with zero attached hydrogens (tertiary/aromatic N) is 4. The molecular weight excluding hydrogens is 322 g/mol. The Hall–Kier alpha value is -2.67. The van der Waals surface area contributed by atoms with Crippen LogP contribution in [0.25, 0.3) is 11.4 Å². The number of aromatic nitrogens is 4. The third kappa shape index (κ3) is 3.30. The minimum absolute atomic E-state index is 0.401. The molecule has 2 heterocycles. The van der Waals surface area contributed by atoms with Gasteiger partial charge in [0.1, 0.15) is 5.25 Å². The number of carbonyl (C=O) groups excluding carboxylic acids is 1. The second-order valence-corrected chi connectivity index (χ2v) is 6.17. The minimum atomic E-state index is -0.508. The van der Waals surface area contributed by atoms with Crippen LogP contribution in [-0.2, 0) is 11.3 Å². The smallest absolute Gasteiger partial charge is 0.235 e. The molecule has 0 bridgehead atoms. The molecule has 7 heteroatoms. The van der Waals surface area contributed by atoms with Crippen molar-refractivity contribution in [3.05, 3.63) is 60.4 Å². The standard InChI is InChI=1S/C17H17N5OS/c1-2-22-16(13-8-10-19-11-9-13)20-21-17(22)24-14(15(18)23)12-6-4-3-5-7-12/h3-11,14H,2H2,1H3,(H2,18,23)/t14-/m0/s1. The van der Waals surface area contributed by atoms with Crippen LogP contribution in [-0.4, -0.2) is 25.7 Å². The highest BCUT2D eigenvalue weighted by Crippen LogP contribution is 2.35. The van der Waals surface area contributed by atoms with E-state index in [-0.39, 0.29) is 0 Å². The van der Waals surface area contributed by atoms with Crippen LogP contribution in [0.5, 0.6) is 0 Å². The molecule has 0 fully saturated rings. The molecule has 0 radical (unpaired) electrons. The topological polar surface area (TPSA) is 86.7 Å². The van der Waals surface area contributed by atoms with E-state index in [1.165, 1.54) is 11.8 Å². The van der Waals surface area contributed by atoms with Crippen molar-refractivity contribution in [2.45, 2.75) is 23.9 Å². The van der Waals surface area contributed by atoms with Gasteiger partial charge in [-0.2, -0.15) is 0 Å². The SMILES string of the molecule is CCn1c(S[C@H](C(N)=O)c2ccccc2)nnc1-c1ccncc1. The number of carbonyl (C=O) groups is 1. The number of hydrogen-bond donors (Lipinski definition) is 1. The van der Waals surface area contributed by atoms with E-state index in [0.29, 0.717) is 11.7 Å². The van der Waals surface area contributed by atoms with Gasteiger partial charge in [-0.1, -0.05) is 42.1 Å². The Morgan fingerprint density at radius 1 is 1.17 bits per heavy atom. The lowest BCUT2D eigenvalue weighted by Gasteiger charge is -2.14. The summed E-state index contributed by atoms with van der Waals surface area (Å²) < 4.78 is 1.97. The summed E-state index contributed by atoms with van der Waals surface area (Å²) in [6, 6.07) is 13.2. The average molecular weight is 339 g/mol. The first-order chi connectivity index (χ1) is 11.7. The van der Waals surface area contributed by atoms with E-state index in [0.717, 1.165) is 17.0 Å². The summed E-state index contributed by atoms with van der Waals surface area (Å²) in [4.78, 5) is 15.9. The maximum absolute atomic E-state index is 11.9. The number of rotatable bonds is 6. The number of pyridine rings is 1. The van der Waals surface area contributed by atoms with Crippen molar-refractivity contribution in [2.75, 3.05) is 0 Å². The predicted molar refractivity (Wildman–Crippen MR) is 93.2 cm³/mol. The summed E-state index contributed by atoms with van der Waals surface area (Å²) in [5.41, 5.74) is 7.39. The van der Waals surface area contributed by atoms with E-state index in [9.17, 15) is 4.79 Å². The summed E-state index contributed by atoms with van der Waals surface area (Å²) in [6.45, 7) is 2.70. The molecule has 0 unspecified atom stereocenters. The van der Waals surface area contributed by atoms with Gasteiger partial charge in [-0.25, -0.2) is 0 Å². The zero-order valence-electron chi connectivity index (χ0n) is 13.2. The van der Waals surface area contributed by atoms with E-state index < -0.39 is 11.2 Å². The van der Waals surface area contributed by atoms with Gasteiger partial charge in [0.05, 0.1) is 0 Å². The second-order valence-electron chi connectivity index (χ2n) is 5.10. The minimum Gasteiger partial charge on any atom is -0.368 e. The first-order valence-electron chi connectivity index (χ1n) is 7.55. The zero-order chi connectivity index (χ0) is 16.9. The van der Waals surface area contributed by atoms with Crippen molar-refractivity contribution in [1.82, 2.24) is 19.7 Å². The van der Waals surface area contributed by atoms with Gasteiger partial charge < -0.3 is 10.3 Å². The monoisotopic (exact) mass is 339 g/mol. The van der Waals surface area contributed by atoms with Crippen molar-refractivity contribution >= 4 is 17.7 Å². The van der Waals surface area contributed by atoms with E-state index >= 15 is 0 Å². The highest BCUT2D eigenvalue weighted by Gasteiger charge is 2.23. The van der Waals surface area contributed by atoms with Crippen LogP contribution in [0.1, 0.15) is 17.7 Å². The first-order valence-corrected chi connectivity index (χ1v) is 8.43. The molecule has 0 aliphatic heterocycles. The molecule has 0 saturated heterocycles. The number of benzene rings is 1. The molecular formula is C17H17N5OS. The molecule has 1 atom stereocenters. The van der Waals surface area contributed by atoms with Gasteiger partial charge in [0, 0.05) is 24.5 Å². The molecule has 0 aliphatic rings. The molecule has 0 aliphatic carbocycles. The van der Waals surface area contributed by atoms with Crippen LogP contribution in [0.2, 0.25) is 0 Å². The lowest BCUT2D eigenvalue weighted by Crippen LogP contribution is -2.19. The number of thioether (sulfide) groups is 1. The Bertz CT molecular complexity index is 820. The molecule has 1 aromatic carbocycles. The summed E-state index contributed by atoms with van der Waals surface area (Å²) in [6.07, 6.45) is 3.43. The van der Waals surface area contributed by atoms with Gasteiger partial charge in [-0.3, -0.25) is 9.78 Å². The molecule has 0 spiro atoms. The Morgan fingerprint density at radius 3 is 2.50 bits per heavy atom. The van der Waals surface area contributed by atoms with Crippen LogP contribution >= 0.6 is 11.8 Å². The maximum atomic E-state index is 11.9. The molecule has 1 amide bonds. The van der Waals surface area contributed by atoms with Gasteiger partial charge in [-0.05, 0) is 24.6 Å². The fraction of sp³-hybridized carbons (Fsp3) is 0.176. The molecule has 122 valence electrons. The number of amides is 1. The number of hydrogen-bond acceptors (Lipinski definition) is 5. The highest BCUT2D eigenvalue weighted by molar-refractivity contribution is 8.00. The highest BCUT2D eigenvalue weighted by atomic mass is 32.2. The lowest BCUT2D eigenvalue weighted by atomic mass is 10.1. The fourth-order valence-electron chi connectivity index (χ4n) is 2.40. The van der Waals surface area contributed by atoms with Crippen molar-refractivity contribution in [3.63, 3.8) is 0 Å². The normalized spacial score (nSPS) is 12.0. The van der Waals surface area contributed by atoms with Gasteiger partial charge in [0.2, 0.25) is 5.91 Å². The van der Waals surface area contributed by atoms with E-state index in [1.807, 2.05) is 54.0 Å². The first kappa shape index (κ1) is 16.2. The fourth-order valence-corrected chi connectivity index (χ4v) is 3.45. The van der Waals surface area contributed by atoms with Crippen LogP contribution in [0.3, 0.4) is 0 Å². The molecule has 24 heavy (non-hydrogen) atoms. The van der Waals surface area contributed by atoms with Crippen molar-refractivity contribution in [3.8, 4) is 11.4 Å². The Morgan fingerprint density at radius 2 is 1.88 bits per heavy atom. The summed E-state index contributed by atoms with van der Waals surface area (Å²) in [5, 5.41) is 8.69. The van der Waals surface area contributed by atoms with Gasteiger partial charge in [0.25, 0.3) is 0 Å². The quantitative estimate of drug-likeness (QED) is 0.698. The Balaban J connectivity index is 1.95. The summed E-state index contributed by atoms with van der Waals surface area (Å²) in [7, 11) is 0. The summed E-state index contributed by atoms with van der Waals surface area (Å²) in [5.74, 6) is 0.348. The van der Waals surface area contributed by atoms with E-state index in [4.69, 9.17) is 5.73 Å². The molecule has 6 nitrogen and oxygen atoms in total. The molecule has 2 aromatic heterocycles. The van der Waals surface area contributed by atoms with E-state index in [1.54, 1.807) is 12.4 Å². The summed E-state index contributed by atoms with van der Waals surface area (Å²) >= 11 is 1.32. The maximum Gasteiger partial charge on any atom is 0.235 e. The van der Waals surface area contributed by atoms with Crippen LogP contribution in [0.4, 0.5) is 0 Å². The molecule has 2 N–H and O–H groups in total. The van der Waals surface area contributed by atoms with Crippen LogP contribution in [0, 0.1) is 0 Å². The largest absolute Gasteiger partial charge is 0.368 e. The average Bonchev–Trinajstić information content (AvgIpc) is 3.03. The van der Waals surface area contributed by atoms with Crippen molar-refractivity contribution in [1.29, 1.82) is 0 Å². The third-order valence-corrected chi connectivity index (χ3v) is 4.81. The number of primary amides is 1. The number of nitrogens with two attached hydrogens (primary N) is 1. The van der Waals surface area contributed by atoms with Gasteiger partial charge in [-0.15, -0.1) is 10.2 Å². The van der Waals surface area contributed by atoms with Gasteiger partial charge >= 0.3 is 0 Å².